The summed E-state index contributed by atoms with van der Waals surface area (Å²) >= 11 is 0. The molecule has 3 aliphatic rings. The lowest BCUT2D eigenvalue weighted by Gasteiger charge is -2.38. The van der Waals surface area contributed by atoms with Crippen LogP contribution < -0.4 is 10.6 Å². The molecule has 11 nitrogen and oxygen atoms in total. The van der Waals surface area contributed by atoms with Crippen LogP contribution in [0, 0.1) is 5.92 Å². The van der Waals surface area contributed by atoms with Crippen LogP contribution in [0.1, 0.15) is 12.8 Å². The van der Waals surface area contributed by atoms with Gasteiger partial charge in [0.25, 0.3) is 0 Å². The van der Waals surface area contributed by atoms with E-state index < -0.39 is 16.1 Å². The highest BCUT2D eigenvalue weighted by atomic mass is 32.2. The van der Waals surface area contributed by atoms with Crippen LogP contribution in [0.2, 0.25) is 0 Å². The third-order valence-corrected chi connectivity index (χ3v) is 8.28. The van der Waals surface area contributed by atoms with Gasteiger partial charge in [0, 0.05) is 64.5 Å². The van der Waals surface area contributed by atoms with Gasteiger partial charge in [-0.2, -0.15) is 4.31 Å². The normalized spacial score (nSPS) is 21.6. The molecule has 12 heteroatoms. The first-order valence-electron chi connectivity index (χ1n) is 11.0. The highest BCUT2D eigenvalue weighted by molar-refractivity contribution is 7.89. The zero-order chi connectivity index (χ0) is 22.7. The number of aromatic nitrogens is 1. The van der Waals surface area contributed by atoms with Crippen molar-refractivity contribution in [2.45, 2.75) is 17.7 Å². The van der Waals surface area contributed by atoms with Gasteiger partial charge in [0.05, 0.1) is 13.2 Å². The minimum Gasteiger partial charge on any atom is -0.379 e. The number of hydrogen-bond acceptors (Lipinski definition) is 7. The first-order chi connectivity index (χ1) is 15.4. The summed E-state index contributed by atoms with van der Waals surface area (Å²) < 4.78 is 32.1. The SMILES string of the molecule is NC(=O)N1CCC(C(=O)N2CCN(c3ccc(S(=O)(=O)N4CCOCC4)cn3)CC2)CC1. The van der Waals surface area contributed by atoms with E-state index >= 15 is 0 Å². The van der Waals surface area contributed by atoms with E-state index in [0.717, 1.165) is 0 Å². The molecule has 3 saturated heterocycles. The average molecular weight is 467 g/mol. The lowest BCUT2D eigenvalue weighted by Crippen LogP contribution is -2.52. The quantitative estimate of drug-likeness (QED) is 0.636. The number of piperazine rings is 1. The second-order valence-corrected chi connectivity index (χ2v) is 10.2. The summed E-state index contributed by atoms with van der Waals surface area (Å²) in [5, 5.41) is 0. The van der Waals surface area contributed by atoms with Crippen molar-refractivity contribution in [3.8, 4) is 0 Å². The van der Waals surface area contributed by atoms with E-state index in [4.69, 9.17) is 10.5 Å². The number of amides is 3. The number of urea groups is 1. The predicted molar refractivity (Wildman–Crippen MR) is 116 cm³/mol. The van der Waals surface area contributed by atoms with Crippen molar-refractivity contribution < 1.29 is 22.7 Å². The van der Waals surface area contributed by atoms with Crippen LogP contribution in [0.15, 0.2) is 23.2 Å². The second-order valence-electron chi connectivity index (χ2n) is 8.28. The molecule has 3 fully saturated rings. The molecule has 1 aromatic heterocycles. The van der Waals surface area contributed by atoms with Gasteiger partial charge >= 0.3 is 6.03 Å². The molecule has 4 heterocycles. The number of carbonyl (C=O) groups excluding carboxylic acids is 2. The number of nitrogens with zero attached hydrogens (tertiary/aromatic N) is 5. The summed E-state index contributed by atoms with van der Waals surface area (Å²) in [5.74, 6) is 0.765. The summed E-state index contributed by atoms with van der Waals surface area (Å²) in [6, 6.07) is 2.89. The molecule has 0 bridgehead atoms. The van der Waals surface area contributed by atoms with Crippen LogP contribution in [0.25, 0.3) is 0 Å². The predicted octanol–water partition coefficient (Wildman–Crippen LogP) is -0.458. The van der Waals surface area contributed by atoms with Gasteiger partial charge < -0.3 is 25.2 Å². The summed E-state index contributed by atoms with van der Waals surface area (Å²) in [6.07, 6.45) is 2.69. The number of primary amides is 1. The van der Waals surface area contributed by atoms with Gasteiger partial charge in [0.2, 0.25) is 15.9 Å². The smallest absolute Gasteiger partial charge is 0.314 e. The number of piperidine rings is 1. The number of sulfonamides is 1. The van der Waals surface area contributed by atoms with Crippen LogP contribution in [-0.4, -0.2) is 105 Å². The number of carbonyl (C=O) groups is 2. The maximum absolute atomic E-state index is 12.9. The molecule has 32 heavy (non-hydrogen) atoms. The van der Waals surface area contributed by atoms with E-state index in [1.807, 2.05) is 4.90 Å². The molecule has 1 aromatic rings. The number of likely N-dealkylation sites (tertiary alicyclic amines) is 1. The summed E-state index contributed by atoms with van der Waals surface area (Å²) in [6.45, 7) is 4.99. The van der Waals surface area contributed by atoms with Crippen molar-refractivity contribution in [2.24, 2.45) is 11.7 Å². The van der Waals surface area contributed by atoms with E-state index in [2.05, 4.69) is 9.88 Å². The van der Waals surface area contributed by atoms with Gasteiger partial charge in [0.1, 0.15) is 10.7 Å². The Kier molecular flexibility index (Phi) is 6.82. The monoisotopic (exact) mass is 466 g/mol. The number of ether oxygens (including phenoxy) is 1. The Bertz CT molecular complexity index is 918. The molecule has 3 aliphatic heterocycles. The number of rotatable bonds is 4. The van der Waals surface area contributed by atoms with Gasteiger partial charge in [0.15, 0.2) is 0 Å². The van der Waals surface area contributed by atoms with Crippen molar-refractivity contribution in [1.29, 1.82) is 0 Å². The van der Waals surface area contributed by atoms with Crippen LogP contribution in [0.3, 0.4) is 0 Å². The first kappa shape index (κ1) is 22.7. The first-order valence-corrected chi connectivity index (χ1v) is 12.4. The molecule has 0 unspecified atom stereocenters. The molecule has 3 amide bonds. The zero-order valence-corrected chi connectivity index (χ0v) is 18.9. The highest BCUT2D eigenvalue weighted by Crippen LogP contribution is 2.23. The topological polar surface area (TPSA) is 129 Å². The molecular formula is C20H30N6O5S. The van der Waals surface area contributed by atoms with E-state index in [9.17, 15) is 18.0 Å². The number of anilines is 1. The third kappa shape index (κ3) is 4.81. The molecule has 0 atom stereocenters. The summed E-state index contributed by atoms with van der Waals surface area (Å²) in [5.41, 5.74) is 5.31. The molecule has 0 saturated carbocycles. The van der Waals surface area contributed by atoms with Crippen molar-refractivity contribution in [1.82, 2.24) is 19.1 Å². The average Bonchev–Trinajstić information content (AvgIpc) is 2.84. The Morgan fingerprint density at radius 2 is 1.59 bits per heavy atom. The number of hydrogen-bond donors (Lipinski definition) is 1. The molecular weight excluding hydrogens is 436 g/mol. The lowest BCUT2D eigenvalue weighted by molar-refractivity contribution is -0.137. The van der Waals surface area contributed by atoms with Gasteiger partial charge in [-0.1, -0.05) is 0 Å². The van der Waals surface area contributed by atoms with Crippen molar-refractivity contribution >= 4 is 27.8 Å². The largest absolute Gasteiger partial charge is 0.379 e. The van der Waals surface area contributed by atoms with Gasteiger partial charge in [-0.05, 0) is 25.0 Å². The fourth-order valence-corrected chi connectivity index (χ4v) is 5.76. The van der Waals surface area contributed by atoms with Gasteiger partial charge in [-0.25, -0.2) is 18.2 Å². The van der Waals surface area contributed by atoms with E-state index in [-0.39, 0.29) is 16.7 Å². The van der Waals surface area contributed by atoms with Crippen molar-refractivity contribution in [3.05, 3.63) is 18.3 Å². The zero-order valence-electron chi connectivity index (χ0n) is 18.1. The summed E-state index contributed by atoms with van der Waals surface area (Å²) in [4.78, 5) is 34.2. The Morgan fingerprint density at radius 3 is 2.16 bits per heavy atom. The van der Waals surface area contributed by atoms with Crippen molar-refractivity contribution in [2.75, 3.05) is 70.5 Å². The maximum atomic E-state index is 12.9. The fourth-order valence-electron chi connectivity index (χ4n) is 4.41. The number of morpholine rings is 1. The molecule has 2 N–H and O–H groups in total. The number of pyridine rings is 1. The molecule has 0 radical (unpaired) electrons. The molecule has 0 spiro atoms. The molecule has 4 rings (SSSR count). The van der Waals surface area contributed by atoms with E-state index in [1.54, 1.807) is 17.0 Å². The van der Waals surface area contributed by atoms with Gasteiger partial charge in [-0.15, -0.1) is 0 Å². The van der Waals surface area contributed by atoms with Crippen molar-refractivity contribution in [3.63, 3.8) is 0 Å². The molecule has 0 aliphatic carbocycles. The summed E-state index contributed by atoms with van der Waals surface area (Å²) in [7, 11) is -3.56. The highest BCUT2D eigenvalue weighted by Gasteiger charge is 2.32. The van der Waals surface area contributed by atoms with E-state index in [1.165, 1.54) is 10.5 Å². The fraction of sp³-hybridized carbons (Fsp3) is 0.650. The standard InChI is InChI=1S/C20H30N6O5S/c21-20(28)25-5-3-16(4-6-25)19(27)24-9-7-23(8-10-24)18-2-1-17(15-22-18)32(29,30)26-11-13-31-14-12-26/h1-2,15-16H,3-14H2,(H2,21,28). The van der Waals surface area contributed by atoms with Crippen LogP contribution in [0.4, 0.5) is 10.6 Å². The molecule has 176 valence electrons. The number of nitrogens with two attached hydrogens (primary N) is 1. The lowest BCUT2D eigenvalue weighted by atomic mass is 9.95. The Balaban J connectivity index is 1.30. The Morgan fingerprint density at radius 1 is 0.938 bits per heavy atom. The second kappa shape index (κ2) is 9.59. The Hall–Kier alpha value is -2.44. The third-order valence-electron chi connectivity index (χ3n) is 6.40. The maximum Gasteiger partial charge on any atom is 0.314 e. The molecule has 0 aromatic carbocycles. The van der Waals surface area contributed by atoms with Crippen LogP contribution in [0.5, 0.6) is 0 Å². The van der Waals surface area contributed by atoms with Gasteiger partial charge in [-0.3, -0.25) is 4.79 Å². The minimum atomic E-state index is -3.56. The minimum absolute atomic E-state index is 0.0695. The van der Waals surface area contributed by atoms with E-state index in [0.29, 0.717) is 84.2 Å². The Labute approximate surface area is 188 Å². The van der Waals surface area contributed by atoms with Crippen LogP contribution in [-0.2, 0) is 19.6 Å². The van der Waals surface area contributed by atoms with Crippen LogP contribution >= 0.6 is 0 Å².